The number of benzene rings is 2. The molecular formula is C27H27NO6. The van der Waals surface area contributed by atoms with Crippen LogP contribution in [0.4, 0.5) is 0 Å². The Morgan fingerprint density at radius 3 is 2.74 bits per heavy atom. The van der Waals surface area contributed by atoms with E-state index in [9.17, 15) is 19.9 Å². The molecule has 0 radical (unpaired) electrons. The molecule has 2 aromatic rings. The molecule has 0 aromatic heterocycles. The molecule has 3 fully saturated rings. The fourth-order valence-corrected chi connectivity index (χ4v) is 7.51. The van der Waals surface area contributed by atoms with E-state index in [4.69, 9.17) is 9.47 Å². The lowest BCUT2D eigenvalue weighted by atomic mass is 9.48. The molecule has 1 unspecified atom stereocenters. The summed E-state index contributed by atoms with van der Waals surface area (Å²) in [5, 5.41) is 25.2. The lowest BCUT2D eigenvalue weighted by Gasteiger charge is -2.67. The van der Waals surface area contributed by atoms with Crippen LogP contribution >= 0.6 is 0 Å². The lowest BCUT2D eigenvalue weighted by molar-refractivity contribution is -0.923. The lowest BCUT2D eigenvalue weighted by Crippen LogP contribution is -2.81. The van der Waals surface area contributed by atoms with Gasteiger partial charge < -0.3 is 24.4 Å². The summed E-state index contributed by atoms with van der Waals surface area (Å²) < 4.78 is 12.3. The fraction of sp³-hybridized carbons (Fsp3) is 0.481. The van der Waals surface area contributed by atoms with Gasteiger partial charge in [0.05, 0.1) is 24.1 Å². The number of carbonyl (C=O) groups is 2. The number of hydrogen-bond donors (Lipinski definition) is 1. The van der Waals surface area contributed by atoms with Crippen molar-refractivity contribution in [3.63, 3.8) is 0 Å². The molecule has 2 saturated carbocycles. The third kappa shape index (κ3) is 2.44. The zero-order valence-electron chi connectivity index (χ0n) is 18.9. The number of phenolic OH excluding ortho intramolecular Hbond substituents is 1. The molecule has 2 heterocycles. The zero-order chi connectivity index (χ0) is 23.3. The van der Waals surface area contributed by atoms with Gasteiger partial charge >= 0.3 is 5.97 Å². The number of aromatic hydroxyl groups is 1. The number of piperidine rings is 1. The minimum atomic E-state index is -1.17. The van der Waals surface area contributed by atoms with Gasteiger partial charge in [0.2, 0.25) is 0 Å². The largest absolute Gasteiger partial charge is 0.632 e. The molecule has 176 valence electrons. The average molecular weight is 462 g/mol. The van der Waals surface area contributed by atoms with Gasteiger partial charge in [-0.15, -0.1) is 0 Å². The van der Waals surface area contributed by atoms with Crippen LogP contribution in [0.2, 0.25) is 0 Å². The van der Waals surface area contributed by atoms with Crippen molar-refractivity contribution in [1.82, 2.24) is 0 Å². The first-order valence-corrected chi connectivity index (χ1v) is 12.3. The number of hydroxylamine groups is 3. The first kappa shape index (κ1) is 20.5. The van der Waals surface area contributed by atoms with Crippen LogP contribution in [0.3, 0.4) is 0 Å². The molecule has 34 heavy (non-hydrogen) atoms. The van der Waals surface area contributed by atoms with E-state index in [1.54, 1.807) is 30.3 Å². The molecular weight excluding hydrogens is 434 g/mol. The quantitative estimate of drug-likeness (QED) is 0.426. The van der Waals surface area contributed by atoms with E-state index in [0.29, 0.717) is 49.6 Å². The van der Waals surface area contributed by atoms with Crippen LogP contribution in [0.15, 0.2) is 42.5 Å². The molecule has 5 aliphatic rings. The highest BCUT2D eigenvalue weighted by molar-refractivity contribution is 5.92. The van der Waals surface area contributed by atoms with Crippen LogP contribution in [-0.4, -0.2) is 52.3 Å². The van der Waals surface area contributed by atoms with Crippen LogP contribution in [0.1, 0.15) is 53.6 Å². The maximum absolute atomic E-state index is 14.5. The summed E-state index contributed by atoms with van der Waals surface area (Å²) in [6.45, 7) is 0.874. The van der Waals surface area contributed by atoms with Crippen molar-refractivity contribution in [3.8, 4) is 11.5 Å². The van der Waals surface area contributed by atoms with E-state index in [-0.39, 0.29) is 18.0 Å². The third-order valence-corrected chi connectivity index (χ3v) is 9.10. The molecule has 1 N–H and O–H groups in total. The minimum Gasteiger partial charge on any atom is -0.632 e. The van der Waals surface area contributed by atoms with Gasteiger partial charge in [0.15, 0.2) is 29.0 Å². The molecule has 2 aliphatic heterocycles. The summed E-state index contributed by atoms with van der Waals surface area (Å²) in [6, 6.07) is 11.7. The maximum atomic E-state index is 14.5. The van der Waals surface area contributed by atoms with E-state index in [1.807, 2.05) is 12.1 Å². The SMILES string of the molecule is O=C(O[C@@]12CCC(=O)[C@@H]3Oc4c(O)ccc5c4[C@@]31CC[N+]([O-])(CC1CC1)[C@@H]2C5)c1ccccc1. The number of likely N-dealkylation sites (tertiary alicyclic amines) is 1. The van der Waals surface area contributed by atoms with Gasteiger partial charge in [-0.1, -0.05) is 24.3 Å². The molecule has 2 bridgehead atoms. The van der Waals surface area contributed by atoms with E-state index < -0.39 is 33.8 Å². The minimum absolute atomic E-state index is 0.0107. The number of ketones is 1. The van der Waals surface area contributed by atoms with E-state index in [1.165, 1.54) is 0 Å². The van der Waals surface area contributed by atoms with Gasteiger partial charge in [0, 0.05) is 37.2 Å². The molecule has 7 rings (SSSR count). The first-order chi connectivity index (χ1) is 16.4. The molecule has 0 amide bonds. The van der Waals surface area contributed by atoms with Gasteiger partial charge in [-0.25, -0.2) is 4.79 Å². The topological polar surface area (TPSA) is 95.9 Å². The monoisotopic (exact) mass is 461 g/mol. The second kappa shape index (κ2) is 6.61. The molecule has 7 nitrogen and oxygen atoms in total. The van der Waals surface area contributed by atoms with Crippen molar-refractivity contribution in [2.24, 2.45) is 5.92 Å². The smallest absolute Gasteiger partial charge is 0.338 e. The number of carbonyl (C=O) groups excluding carboxylic acids is 2. The molecule has 3 aliphatic carbocycles. The van der Waals surface area contributed by atoms with Crippen LogP contribution in [0.5, 0.6) is 11.5 Å². The van der Waals surface area contributed by atoms with Gasteiger partial charge in [-0.3, -0.25) is 4.79 Å². The standard InChI is InChI=1S/C27H27NO6/c29-19-9-8-18-14-21-27(34-25(31)17-4-2-1-3-5-17)11-10-20(30)24-26(27,22(18)23(19)33-24)12-13-28(21,32)15-16-6-7-16/h1-5,8-9,16,21,24,29H,6-7,10-15H2/t21-,24+,26+,27-,28?/m1/s1. The molecule has 1 saturated heterocycles. The fourth-order valence-electron chi connectivity index (χ4n) is 7.51. The van der Waals surface area contributed by atoms with E-state index in [2.05, 4.69) is 0 Å². The Kier molecular flexibility index (Phi) is 3.98. The first-order valence-electron chi connectivity index (χ1n) is 12.3. The Morgan fingerprint density at radius 1 is 1.18 bits per heavy atom. The van der Waals surface area contributed by atoms with Gasteiger partial charge in [0.1, 0.15) is 6.04 Å². The normalized spacial score (nSPS) is 37.0. The van der Waals surface area contributed by atoms with Crippen molar-refractivity contribution in [2.75, 3.05) is 13.1 Å². The summed E-state index contributed by atoms with van der Waals surface area (Å²) >= 11 is 0. The Bertz CT molecular complexity index is 1230. The van der Waals surface area contributed by atoms with Crippen LogP contribution < -0.4 is 4.74 Å². The second-order valence-electron chi connectivity index (χ2n) is 10.8. The number of phenols is 1. The van der Waals surface area contributed by atoms with Crippen LogP contribution in [0.25, 0.3) is 0 Å². The Morgan fingerprint density at radius 2 is 1.97 bits per heavy atom. The second-order valence-corrected chi connectivity index (χ2v) is 10.8. The maximum Gasteiger partial charge on any atom is 0.338 e. The van der Waals surface area contributed by atoms with E-state index >= 15 is 0 Å². The van der Waals surface area contributed by atoms with Crippen molar-refractivity contribution >= 4 is 11.8 Å². The van der Waals surface area contributed by atoms with E-state index in [0.717, 1.165) is 24.0 Å². The average Bonchev–Trinajstić information content (AvgIpc) is 3.56. The number of quaternary nitrogens is 1. The molecule has 2 aromatic carbocycles. The molecule has 5 atom stereocenters. The highest BCUT2D eigenvalue weighted by Crippen LogP contribution is 2.67. The summed E-state index contributed by atoms with van der Waals surface area (Å²) in [4.78, 5) is 26.8. The molecule has 7 heteroatoms. The van der Waals surface area contributed by atoms with Crippen LogP contribution in [-0.2, 0) is 21.4 Å². The summed E-state index contributed by atoms with van der Waals surface area (Å²) in [6.07, 6.45) is 2.58. The Hall–Kier alpha value is -2.90. The summed E-state index contributed by atoms with van der Waals surface area (Å²) in [7, 11) is 0. The van der Waals surface area contributed by atoms with Crippen molar-refractivity contribution in [2.45, 2.75) is 61.7 Å². The number of ether oxygens (including phenoxy) is 2. The van der Waals surface area contributed by atoms with Crippen molar-refractivity contribution in [1.29, 1.82) is 0 Å². The number of Topliss-reactive ketones (excluding diaryl/α,β-unsaturated/α-hetero) is 1. The predicted octanol–water partition coefficient (Wildman–Crippen LogP) is 3.40. The Balaban J connectivity index is 1.45. The zero-order valence-corrected chi connectivity index (χ0v) is 18.9. The van der Waals surface area contributed by atoms with Gasteiger partial charge in [0.25, 0.3) is 0 Å². The van der Waals surface area contributed by atoms with Gasteiger partial charge in [-0.05, 0) is 36.6 Å². The third-order valence-electron chi connectivity index (χ3n) is 9.10. The number of rotatable bonds is 4. The highest BCUT2D eigenvalue weighted by Gasteiger charge is 2.78. The summed E-state index contributed by atoms with van der Waals surface area (Å²) in [5.41, 5.74) is 0.0104. The Labute approximate surface area is 197 Å². The highest BCUT2D eigenvalue weighted by atomic mass is 16.6. The van der Waals surface area contributed by atoms with Crippen molar-refractivity contribution < 1.29 is 28.8 Å². The number of nitrogens with zero attached hydrogens (tertiary/aromatic N) is 1. The summed E-state index contributed by atoms with van der Waals surface area (Å²) in [5.74, 6) is 0.190. The molecule has 1 spiro atoms. The number of hydrogen-bond acceptors (Lipinski definition) is 6. The van der Waals surface area contributed by atoms with Crippen molar-refractivity contribution in [3.05, 3.63) is 64.4 Å². The van der Waals surface area contributed by atoms with Gasteiger partial charge in [-0.2, -0.15) is 0 Å². The van der Waals surface area contributed by atoms with Crippen LogP contribution in [0, 0.1) is 11.1 Å². The number of esters is 1. The predicted molar refractivity (Wildman–Crippen MR) is 121 cm³/mol.